The van der Waals surface area contributed by atoms with E-state index in [0.29, 0.717) is 18.3 Å². The molecule has 0 spiro atoms. The van der Waals surface area contributed by atoms with Gasteiger partial charge in [0, 0.05) is 5.56 Å². The van der Waals surface area contributed by atoms with E-state index >= 15 is 0 Å². The molecule has 2 heteroatoms. The van der Waals surface area contributed by atoms with Crippen LogP contribution in [-0.4, -0.2) is 0 Å². The summed E-state index contributed by atoms with van der Waals surface area (Å²) in [6, 6.07) is 14.2. The van der Waals surface area contributed by atoms with Gasteiger partial charge in [0.25, 0.3) is 0 Å². The summed E-state index contributed by atoms with van der Waals surface area (Å²) in [5.41, 5.74) is 2.63. The lowest BCUT2D eigenvalue weighted by Gasteiger charge is -2.38. The third-order valence-electron chi connectivity index (χ3n) is 8.52. The molecule has 0 radical (unpaired) electrons. The minimum absolute atomic E-state index is 0.267. The van der Waals surface area contributed by atoms with Crippen molar-refractivity contribution in [3.63, 3.8) is 0 Å². The fraction of sp³-hybridized carbons (Fsp3) is 0.600. The fourth-order valence-corrected chi connectivity index (χ4v) is 6.58. The summed E-state index contributed by atoms with van der Waals surface area (Å²) in [6.45, 7) is 4.34. The SMILES string of the molecule is CCCc1c(F)cc(C2CCC(C3CCC(CC(C)c4ccccc4)CC3)CC2)cc1F. The Kier molecular flexibility index (Phi) is 8.02. The second kappa shape index (κ2) is 10.9. The van der Waals surface area contributed by atoms with Crippen molar-refractivity contribution in [2.45, 2.75) is 96.3 Å². The molecular weight excluding hydrogens is 398 g/mol. The van der Waals surface area contributed by atoms with E-state index < -0.39 is 0 Å². The van der Waals surface area contributed by atoms with Gasteiger partial charge in [0.2, 0.25) is 0 Å². The molecule has 2 aliphatic carbocycles. The van der Waals surface area contributed by atoms with Gasteiger partial charge in [-0.1, -0.05) is 63.4 Å². The Balaban J connectivity index is 1.25. The van der Waals surface area contributed by atoms with Gasteiger partial charge >= 0.3 is 0 Å². The first-order valence-electron chi connectivity index (χ1n) is 13.1. The van der Waals surface area contributed by atoms with Crippen LogP contribution in [0.15, 0.2) is 42.5 Å². The molecule has 0 amide bonds. The molecule has 2 aromatic carbocycles. The zero-order valence-corrected chi connectivity index (χ0v) is 20.0. The van der Waals surface area contributed by atoms with Crippen LogP contribution in [0.5, 0.6) is 0 Å². The van der Waals surface area contributed by atoms with Gasteiger partial charge in [-0.05, 0) is 104 Å². The smallest absolute Gasteiger partial charge is 0.129 e. The first-order valence-corrected chi connectivity index (χ1v) is 13.1. The Morgan fingerprint density at radius 1 is 0.812 bits per heavy atom. The predicted molar refractivity (Wildman–Crippen MR) is 130 cm³/mol. The molecule has 2 aliphatic rings. The number of hydrogen-bond acceptors (Lipinski definition) is 0. The molecule has 4 rings (SSSR count). The van der Waals surface area contributed by atoms with Gasteiger partial charge in [-0.3, -0.25) is 0 Å². The van der Waals surface area contributed by atoms with Crippen molar-refractivity contribution in [2.75, 3.05) is 0 Å². The number of benzene rings is 2. The van der Waals surface area contributed by atoms with Crippen LogP contribution in [0, 0.1) is 29.4 Å². The molecule has 0 heterocycles. The zero-order chi connectivity index (χ0) is 22.5. The molecule has 2 fully saturated rings. The summed E-state index contributed by atoms with van der Waals surface area (Å²) in [5, 5.41) is 0. The zero-order valence-electron chi connectivity index (χ0n) is 20.0. The normalized spacial score (nSPS) is 27.2. The van der Waals surface area contributed by atoms with Crippen LogP contribution in [0.4, 0.5) is 8.78 Å². The van der Waals surface area contributed by atoms with Gasteiger partial charge in [0.05, 0.1) is 0 Å². The van der Waals surface area contributed by atoms with Crippen LogP contribution < -0.4 is 0 Å². The molecular formula is C30H40F2. The summed E-state index contributed by atoms with van der Waals surface area (Å²) in [6.07, 6.45) is 12.7. The van der Waals surface area contributed by atoms with Crippen LogP contribution in [0.1, 0.15) is 107 Å². The van der Waals surface area contributed by atoms with Gasteiger partial charge in [0.15, 0.2) is 0 Å². The lowest BCUT2D eigenvalue weighted by atomic mass is 9.67. The van der Waals surface area contributed by atoms with Crippen LogP contribution in [0.25, 0.3) is 0 Å². The summed E-state index contributed by atoms with van der Waals surface area (Å²) >= 11 is 0. The van der Waals surface area contributed by atoms with Crippen LogP contribution in [0.2, 0.25) is 0 Å². The summed E-state index contributed by atoms with van der Waals surface area (Å²) in [4.78, 5) is 0. The van der Waals surface area contributed by atoms with Crippen LogP contribution in [0.3, 0.4) is 0 Å². The standard InChI is InChI=1S/C30H40F2/c1-3-7-28-29(31)19-27(20-30(28)32)26-16-14-25(15-17-26)24-12-10-22(11-13-24)18-21(2)23-8-5-4-6-9-23/h4-6,8-9,19-22,24-26H,3,7,10-18H2,1-2H3. The molecule has 0 nitrogen and oxygen atoms in total. The van der Waals surface area contributed by atoms with E-state index in [1.54, 1.807) is 12.1 Å². The minimum Gasteiger partial charge on any atom is -0.207 e. The Bertz CT molecular complexity index is 819. The average molecular weight is 439 g/mol. The van der Waals surface area contributed by atoms with E-state index in [4.69, 9.17) is 0 Å². The largest absolute Gasteiger partial charge is 0.207 e. The summed E-state index contributed by atoms with van der Waals surface area (Å²) in [7, 11) is 0. The fourth-order valence-electron chi connectivity index (χ4n) is 6.58. The minimum atomic E-state index is -0.341. The highest BCUT2D eigenvalue weighted by Crippen LogP contribution is 2.45. The highest BCUT2D eigenvalue weighted by Gasteiger charge is 2.32. The molecule has 2 saturated carbocycles. The maximum absolute atomic E-state index is 14.4. The highest BCUT2D eigenvalue weighted by atomic mass is 19.1. The van der Waals surface area contributed by atoms with Gasteiger partial charge in [0.1, 0.15) is 11.6 Å². The second-order valence-corrected chi connectivity index (χ2v) is 10.7. The van der Waals surface area contributed by atoms with E-state index in [1.807, 2.05) is 6.92 Å². The Morgan fingerprint density at radius 3 is 1.94 bits per heavy atom. The van der Waals surface area contributed by atoms with Gasteiger partial charge in [-0.15, -0.1) is 0 Å². The number of rotatable bonds is 7. The van der Waals surface area contributed by atoms with Crippen molar-refractivity contribution >= 4 is 0 Å². The van der Waals surface area contributed by atoms with Crippen molar-refractivity contribution in [3.05, 3.63) is 70.8 Å². The lowest BCUT2D eigenvalue weighted by molar-refractivity contribution is 0.154. The molecule has 0 aliphatic heterocycles. The Morgan fingerprint density at radius 2 is 1.38 bits per heavy atom. The topological polar surface area (TPSA) is 0 Å². The molecule has 0 bridgehead atoms. The van der Waals surface area contributed by atoms with Crippen molar-refractivity contribution in [2.24, 2.45) is 17.8 Å². The van der Waals surface area contributed by atoms with Crippen LogP contribution in [-0.2, 0) is 6.42 Å². The van der Waals surface area contributed by atoms with Gasteiger partial charge in [-0.2, -0.15) is 0 Å². The Hall–Kier alpha value is -1.70. The second-order valence-electron chi connectivity index (χ2n) is 10.7. The highest BCUT2D eigenvalue weighted by molar-refractivity contribution is 5.29. The molecule has 0 N–H and O–H groups in total. The molecule has 0 aromatic heterocycles. The van der Waals surface area contributed by atoms with E-state index in [9.17, 15) is 8.78 Å². The van der Waals surface area contributed by atoms with Crippen molar-refractivity contribution in [1.82, 2.24) is 0 Å². The maximum Gasteiger partial charge on any atom is 0.129 e. The van der Waals surface area contributed by atoms with Gasteiger partial charge < -0.3 is 0 Å². The van der Waals surface area contributed by atoms with E-state index in [2.05, 4.69) is 37.3 Å². The van der Waals surface area contributed by atoms with Crippen molar-refractivity contribution < 1.29 is 8.78 Å². The van der Waals surface area contributed by atoms with Crippen molar-refractivity contribution in [3.8, 4) is 0 Å². The predicted octanol–water partition coefficient (Wildman–Crippen LogP) is 9.19. The van der Waals surface area contributed by atoms with E-state index in [0.717, 1.165) is 42.6 Å². The molecule has 1 unspecified atom stereocenters. The monoisotopic (exact) mass is 438 g/mol. The first-order chi connectivity index (χ1) is 15.5. The third-order valence-corrected chi connectivity index (χ3v) is 8.52. The quantitative estimate of drug-likeness (QED) is 0.404. The molecule has 2 aromatic rings. The molecule has 1 atom stereocenters. The number of hydrogen-bond donors (Lipinski definition) is 0. The maximum atomic E-state index is 14.4. The summed E-state index contributed by atoms with van der Waals surface area (Å²) < 4.78 is 28.8. The van der Waals surface area contributed by atoms with E-state index in [1.165, 1.54) is 50.5 Å². The lowest BCUT2D eigenvalue weighted by Crippen LogP contribution is -2.26. The average Bonchev–Trinajstić information content (AvgIpc) is 2.82. The van der Waals surface area contributed by atoms with Gasteiger partial charge in [-0.25, -0.2) is 8.78 Å². The third kappa shape index (κ3) is 5.61. The Labute approximate surface area is 193 Å². The molecule has 0 saturated heterocycles. The van der Waals surface area contributed by atoms with E-state index in [-0.39, 0.29) is 17.2 Å². The molecule has 32 heavy (non-hydrogen) atoms. The molecule has 174 valence electrons. The first kappa shape index (κ1) is 23.5. The van der Waals surface area contributed by atoms with Crippen molar-refractivity contribution in [1.29, 1.82) is 0 Å². The van der Waals surface area contributed by atoms with Crippen LogP contribution >= 0.6 is 0 Å². The summed E-state index contributed by atoms with van der Waals surface area (Å²) in [5.74, 6) is 2.84. The number of halogens is 2.